The molecule has 0 saturated heterocycles. The third kappa shape index (κ3) is 3.66. The Labute approximate surface area is 126 Å². The van der Waals surface area contributed by atoms with Crippen LogP contribution in [0.4, 0.5) is 5.69 Å². The van der Waals surface area contributed by atoms with Crippen molar-refractivity contribution in [3.05, 3.63) is 28.8 Å². The predicted octanol–water partition coefficient (Wildman–Crippen LogP) is 2.13. The second-order valence-corrected chi connectivity index (χ2v) is 4.40. The maximum absolute atomic E-state index is 11.4. The minimum atomic E-state index is -2.07. The SMILES string of the molecule is CCc1ccc(N=NC(C(=O)O)C(=O)O)c(C(=O)O)c1CC. The van der Waals surface area contributed by atoms with Crippen LogP contribution in [0.15, 0.2) is 22.4 Å². The number of aromatic carboxylic acids is 1. The molecule has 0 atom stereocenters. The van der Waals surface area contributed by atoms with E-state index in [9.17, 15) is 19.5 Å². The van der Waals surface area contributed by atoms with Crippen LogP contribution in [0, 0.1) is 0 Å². The van der Waals surface area contributed by atoms with Crippen molar-refractivity contribution in [1.29, 1.82) is 0 Å². The van der Waals surface area contributed by atoms with Gasteiger partial charge in [0.05, 0.1) is 5.56 Å². The summed E-state index contributed by atoms with van der Waals surface area (Å²) >= 11 is 0. The summed E-state index contributed by atoms with van der Waals surface area (Å²) in [5.74, 6) is -4.56. The van der Waals surface area contributed by atoms with Gasteiger partial charge in [0, 0.05) is 0 Å². The van der Waals surface area contributed by atoms with Gasteiger partial charge in [0.15, 0.2) is 0 Å². The minimum Gasteiger partial charge on any atom is -0.479 e. The highest BCUT2D eigenvalue weighted by atomic mass is 16.4. The minimum absolute atomic E-state index is 0.0611. The average Bonchev–Trinajstić information content (AvgIpc) is 2.45. The average molecular weight is 308 g/mol. The van der Waals surface area contributed by atoms with Gasteiger partial charge in [-0.1, -0.05) is 19.9 Å². The van der Waals surface area contributed by atoms with Crippen molar-refractivity contribution >= 4 is 23.6 Å². The van der Waals surface area contributed by atoms with Crippen molar-refractivity contribution in [2.75, 3.05) is 0 Å². The van der Waals surface area contributed by atoms with E-state index in [2.05, 4.69) is 10.2 Å². The number of azo groups is 1. The fraction of sp³-hybridized carbons (Fsp3) is 0.357. The number of carboxylic acids is 3. The molecule has 0 aliphatic heterocycles. The summed E-state index contributed by atoms with van der Waals surface area (Å²) in [6.45, 7) is 3.67. The number of carbonyl (C=O) groups is 3. The van der Waals surface area contributed by atoms with Crippen LogP contribution >= 0.6 is 0 Å². The largest absolute Gasteiger partial charge is 0.479 e. The monoisotopic (exact) mass is 308 g/mol. The highest BCUT2D eigenvalue weighted by Crippen LogP contribution is 2.28. The molecule has 118 valence electrons. The van der Waals surface area contributed by atoms with Crippen molar-refractivity contribution in [2.24, 2.45) is 10.2 Å². The molecule has 0 aromatic heterocycles. The number of carboxylic acid groups (broad SMARTS) is 3. The Balaban J connectivity index is 3.39. The normalized spacial score (nSPS) is 11.0. The maximum atomic E-state index is 11.4. The summed E-state index contributed by atoms with van der Waals surface area (Å²) in [5, 5.41) is 33.6. The molecule has 1 aromatic carbocycles. The van der Waals surface area contributed by atoms with E-state index in [1.807, 2.05) is 6.92 Å². The van der Waals surface area contributed by atoms with E-state index in [0.29, 0.717) is 18.4 Å². The van der Waals surface area contributed by atoms with Gasteiger partial charge < -0.3 is 15.3 Å². The van der Waals surface area contributed by atoms with Gasteiger partial charge in [-0.3, -0.25) is 0 Å². The number of benzene rings is 1. The van der Waals surface area contributed by atoms with Crippen molar-refractivity contribution < 1.29 is 29.7 Å². The number of hydrogen-bond donors (Lipinski definition) is 3. The zero-order chi connectivity index (χ0) is 16.9. The van der Waals surface area contributed by atoms with Crippen molar-refractivity contribution in [2.45, 2.75) is 32.7 Å². The molecule has 8 heteroatoms. The Bertz CT molecular complexity index is 624. The van der Waals surface area contributed by atoms with Gasteiger partial charge >= 0.3 is 17.9 Å². The fourth-order valence-corrected chi connectivity index (χ4v) is 2.06. The third-order valence-electron chi connectivity index (χ3n) is 3.09. The lowest BCUT2D eigenvalue weighted by atomic mass is 9.96. The van der Waals surface area contributed by atoms with Crippen molar-refractivity contribution in [1.82, 2.24) is 0 Å². The van der Waals surface area contributed by atoms with Crippen molar-refractivity contribution in [3.8, 4) is 0 Å². The van der Waals surface area contributed by atoms with E-state index >= 15 is 0 Å². The molecule has 8 nitrogen and oxygen atoms in total. The first kappa shape index (κ1) is 17.3. The van der Waals surface area contributed by atoms with Crippen LogP contribution in [-0.2, 0) is 22.4 Å². The molecule has 0 heterocycles. The first-order valence-corrected chi connectivity index (χ1v) is 6.57. The molecule has 0 fully saturated rings. The molecular formula is C14H16N2O6. The second kappa shape index (κ2) is 7.30. The predicted molar refractivity (Wildman–Crippen MR) is 75.7 cm³/mol. The Kier molecular flexibility index (Phi) is 5.73. The van der Waals surface area contributed by atoms with Gasteiger partial charge in [-0.15, -0.1) is 0 Å². The number of nitrogens with zero attached hydrogens (tertiary/aromatic N) is 2. The lowest BCUT2D eigenvalue weighted by Crippen LogP contribution is -2.27. The molecule has 3 N–H and O–H groups in total. The number of rotatable bonds is 7. The summed E-state index contributed by atoms with van der Waals surface area (Å²) in [7, 11) is 0. The molecular weight excluding hydrogens is 292 g/mol. The molecule has 0 bridgehead atoms. The van der Waals surface area contributed by atoms with E-state index in [-0.39, 0.29) is 11.3 Å². The summed E-state index contributed by atoms with van der Waals surface area (Å²) in [6.07, 6.45) is 1.09. The highest BCUT2D eigenvalue weighted by molar-refractivity contribution is 5.98. The molecule has 0 spiro atoms. The zero-order valence-electron chi connectivity index (χ0n) is 12.1. The van der Waals surface area contributed by atoms with Crippen molar-refractivity contribution in [3.63, 3.8) is 0 Å². The summed E-state index contributed by atoms with van der Waals surface area (Å²) in [5.41, 5.74) is 1.27. The summed E-state index contributed by atoms with van der Waals surface area (Å²) in [4.78, 5) is 33.0. The topological polar surface area (TPSA) is 137 Å². The quantitative estimate of drug-likeness (QED) is 0.521. The van der Waals surface area contributed by atoms with E-state index in [4.69, 9.17) is 10.2 Å². The Hall–Kier alpha value is -2.77. The number of hydrogen-bond acceptors (Lipinski definition) is 5. The molecule has 0 amide bonds. The van der Waals surface area contributed by atoms with E-state index in [1.54, 1.807) is 13.0 Å². The molecule has 0 unspecified atom stereocenters. The fourth-order valence-electron chi connectivity index (χ4n) is 2.06. The van der Waals surface area contributed by atoms with Crippen LogP contribution in [-0.4, -0.2) is 39.3 Å². The first-order valence-electron chi connectivity index (χ1n) is 6.57. The van der Waals surface area contributed by atoms with Gasteiger partial charge in [-0.25, -0.2) is 14.4 Å². The lowest BCUT2D eigenvalue weighted by molar-refractivity contribution is -0.149. The Morgan fingerprint density at radius 2 is 1.64 bits per heavy atom. The van der Waals surface area contributed by atoms with E-state index < -0.39 is 23.9 Å². The van der Waals surface area contributed by atoms with Gasteiger partial charge in [0.1, 0.15) is 5.69 Å². The van der Waals surface area contributed by atoms with Gasteiger partial charge in [0.25, 0.3) is 6.04 Å². The molecule has 1 aromatic rings. The van der Waals surface area contributed by atoms with E-state index in [0.717, 1.165) is 5.56 Å². The molecule has 0 saturated carbocycles. The van der Waals surface area contributed by atoms with Gasteiger partial charge in [-0.05, 0) is 30.0 Å². The summed E-state index contributed by atoms with van der Waals surface area (Å²) < 4.78 is 0. The van der Waals surface area contributed by atoms with Crippen LogP contribution in [0.25, 0.3) is 0 Å². The van der Waals surface area contributed by atoms with Gasteiger partial charge in [0.2, 0.25) is 0 Å². The van der Waals surface area contributed by atoms with Crippen LogP contribution in [0.5, 0.6) is 0 Å². The first-order chi connectivity index (χ1) is 10.3. The lowest BCUT2D eigenvalue weighted by Gasteiger charge is -2.11. The zero-order valence-corrected chi connectivity index (χ0v) is 12.1. The Morgan fingerprint density at radius 1 is 1.05 bits per heavy atom. The number of aliphatic carboxylic acids is 2. The van der Waals surface area contributed by atoms with Crippen LogP contribution in [0.2, 0.25) is 0 Å². The molecule has 22 heavy (non-hydrogen) atoms. The maximum Gasteiger partial charge on any atom is 0.342 e. The van der Waals surface area contributed by atoms with Crippen LogP contribution in [0.1, 0.15) is 35.3 Å². The van der Waals surface area contributed by atoms with E-state index in [1.165, 1.54) is 6.07 Å². The third-order valence-corrected chi connectivity index (χ3v) is 3.09. The molecule has 0 aliphatic carbocycles. The molecule has 0 aliphatic rings. The second-order valence-electron chi connectivity index (χ2n) is 4.40. The highest BCUT2D eigenvalue weighted by Gasteiger charge is 2.26. The summed E-state index contributed by atoms with van der Waals surface area (Å²) in [6, 6.07) is 1.000. The number of aryl methyl sites for hydroxylation is 1. The smallest absolute Gasteiger partial charge is 0.342 e. The van der Waals surface area contributed by atoms with Crippen LogP contribution in [0.3, 0.4) is 0 Å². The molecule has 1 rings (SSSR count). The molecule has 0 radical (unpaired) electrons. The standard InChI is InChI=1S/C14H16N2O6/c1-3-7-5-6-9(10(12(17)18)8(7)4-2)15-16-11(13(19)20)14(21)22/h5-6,11H,3-4H2,1-2H3,(H,17,18)(H,19,20)(H,21,22). The van der Waals surface area contributed by atoms with Gasteiger partial charge in [-0.2, -0.15) is 10.2 Å². The van der Waals surface area contributed by atoms with Crippen LogP contribution < -0.4 is 0 Å². The Morgan fingerprint density at radius 3 is 2.05 bits per heavy atom.